The number of nitrogens with one attached hydrogen (secondary N) is 1. The second-order valence-electron chi connectivity index (χ2n) is 4.40. The van der Waals surface area contributed by atoms with Crippen LogP contribution in [-0.2, 0) is 6.42 Å². The Labute approximate surface area is 108 Å². The monoisotopic (exact) mass is 256 g/mol. The lowest BCUT2D eigenvalue weighted by Gasteiger charge is -2.14. The van der Waals surface area contributed by atoms with Crippen molar-refractivity contribution in [3.05, 3.63) is 10.6 Å². The first kappa shape index (κ1) is 14.5. The van der Waals surface area contributed by atoms with Gasteiger partial charge in [0.05, 0.1) is 16.6 Å². The van der Waals surface area contributed by atoms with Crippen LogP contribution in [0.15, 0.2) is 0 Å². The highest BCUT2D eigenvalue weighted by Crippen LogP contribution is 2.25. The molecular formula is C12H24N4S. The van der Waals surface area contributed by atoms with Crippen molar-refractivity contribution in [2.45, 2.75) is 64.8 Å². The molecular weight excluding hydrogens is 232 g/mol. The molecule has 0 fully saturated rings. The molecule has 3 N–H and O–H groups in total. The maximum atomic E-state index is 5.64. The third-order valence-electron chi connectivity index (χ3n) is 2.94. The van der Waals surface area contributed by atoms with E-state index >= 15 is 0 Å². The van der Waals surface area contributed by atoms with Gasteiger partial charge in [-0.3, -0.25) is 11.3 Å². The predicted molar refractivity (Wildman–Crippen MR) is 72.7 cm³/mol. The number of nitrogens with two attached hydrogens (primary N) is 1. The number of hydrazine groups is 1. The molecule has 0 radical (unpaired) electrons. The van der Waals surface area contributed by atoms with Gasteiger partial charge in [-0.15, -0.1) is 5.10 Å². The fraction of sp³-hybridized carbons (Fsp3) is 0.833. The lowest BCUT2D eigenvalue weighted by atomic mass is 10.0. The fourth-order valence-electron chi connectivity index (χ4n) is 1.96. The van der Waals surface area contributed by atoms with Crippen LogP contribution < -0.4 is 11.3 Å². The van der Waals surface area contributed by atoms with Crippen molar-refractivity contribution in [1.82, 2.24) is 15.0 Å². The minimum atomic E-state index is 0.230. The number of hydrogen-bond acceptors (Lipinski definition) is 5. The van der Waals surface area contributed by atoms with E-state index in [-0.39, 0.29) is 6.04 Å². The standard InChI is InChI=1S/C12H24N4S/c1-3-5-6-7-9-10(14-13)12-11(8-4-2)15-16-17-12/h10,14H,3-9,13H2,1-2H3. The molecule has 1 aromatic rings. The zero-order valence-corrected chi connectivity index (χ0v) is 11.7. The molecule has 1 atom stereocenters. The zero-order chi connectivity index (χ0) is 12.5. The van der Waals surface area contributed by atoms with E-state index in [1.54, 1.807) is 0 Å². The summed E-state index contributed by atoms with van der Waals surface area (Å²) in [6.45, 7) is 4.39. The van der Waals surface area contributed by atoms with Gasteiger partial charge < -0.3 is 0 Å². The van der Waals surface area contributed by atoms with Crippen LogP contribution in [0.4, 0.5) is 0 Å². The number of hydrogen-bond donors (Lipinski definition) is 2. The highest BCUT2D eigenvalue weighted by molar-refractivity contribution is 7.05. The topological polar surface area (TPSA) is 63.8 Å². The Morgan fingerprint density at radius 3 is 2.71 bits per heavy atom. The van der Waals surface area contributed by atoms with Crippen molar-refractivity contribution < 1.29 is 0 Å². The summed E-state index contributed by atoms with van der Waals surface area (Å²) >= 11 is 1.48. The molecule has 5 heteroatoms. The van der Waals surface area contributed by atoms with Gasteiger partial charge in [0.1, 0.15) is 0 Å². The molecule has 0 amide bonds. The molecule has 0 saturated heterocycles. The molecule has 1 heterocycles. The van der Waals surface area contributed by atoms with Gasteiger partial charge in [0.15, 0.2) is 0 Å². The normalized spacial score (nSPS) is 12.9. The number of unbranched alkanes of at least 4 members (excludes halogenated alkanes) is 3. The molecule has 0 aliphatic heterocycles. The molecule has 0 saturated carbocycles. The smallest absolute Gasteiger partial charge is 0.0804 e. The van der Waals surface area contributed by atoms with Gasteiger partial charge in [0.2, 0.25) is 0 Å². The molecule has 0 aliphatic rings. The van der Waals surface area contributed by atoms with E-state index in [2.05, 4.69) is 28.9 Å². The molecule has 1 aromatic heterocycles. The van der Waals surface area contributed by atoms with E-state index in [9.17, 15) is 0 Å². The van der Waals surface area contributed by atoms with Gasteiger partial charge >= 0.3 is 0 Å². The Balaban J connectivity index is 2.50. The van der Waals surface area contributed by atoms with Crippen molar-refractivity contribution in [2.24, 2.45) is 5.84 Å². The second-order valence-corrected chi connectivity index (χ2v) is 5.19. The van der Waals surface area contributed by atoms with Crippen molar-refractivity contribution in [1.29, 1.82) is 0 Å². The minimum Gasteiger partial charge on any atom is -0.271 e. The van der Waals surface area contributed by atoms with Gasteiger partial charge in [-0.25, -0.2) is 0 Å². The number of aryl methyl sites for hydroxylation is 1. The van der Waals surface area contributed by atoms with E-state index in [1.165, 1.54) is 42.1 Å². The van der Waals surface area contributed by atoms with Crippen molar-refractivity contribution in [3.63, 3.8) is 0 Å². The summed E-state index contributed by atoms with van der Waals surface area (Å²) in [5.74, 6) is 5.64. The molecule has 1 rings (SSSR count). The SMILES string of the molecule is CCCCCCC(NN)c1snnc1CCC. The van der Waals surface area contributed by atoms with Crippen molar-refractivity contribution in [2.75, 3.05) is 0 Å². The van der Waals surface area contributed by atoms with Crippen LogP contribution in [0.5, 0.6) is 0 Å². The zero-order valence-electron chi connectivity index (χ0n) is 10.9. The number of aromatic nitrogens is 2. The lowest BCUT2D eigenvalue weighted by Crippen LogP contribution is -2.28. The molecule has 98 valence electrons. The summed E-state index contributed by atoms with van der Waals surface area (Å²) in [7, 11) is 0. The number of nitrogens with zero attached hydrogens (tertiary/aromatic N) is 2. The van der Waals surface area contributed by atoms with Crippen molar-refractivity contribution >= 4 is 11.5 Å². The first-order valence-electron chi connectivity index (χ1n) is 6.60. The van der Waals surface area contributed by atoms with E-state index in [1.807, 2.05) is 0 Å². The predicted octanol–water partition coefficient (Wildman–Crippen LogP) is 2.97. The average Bonchev–Trinajstić information content (AvgIpc) is 2.78. The van der Waals surface area contributed by atoms with E-state index in [4.69, 9.17) is 5.84 Å². The van der Waals surface area contributed by atoms with Gasteiger partial charge in [-0.2, -0.15) is 0 Å². The van der Waals surface area contributed by atoms with E-state index < -0.39 is 0 Å². The van der Waals surface area contributed by atoms with Crippen LogP contribution in [0.2, 0.25) is 0 Å². The summed E-state index contributed by atoms with van der Waals surface area (Å²) in [4.78, 5) is 1.23. The third kappa shape index (κ3) is 4.69. The number of rotatable bonds is 9. The summed E-state index contributed by atoms with van der Waals surface area (Å²) in [5.41, 5.74) is 4.03. The average molecular weight is 256 g/mol. The molecule has 0 aliphatic carbocycles. The van der Waals surface area contributed by atoms with Gasteiger partial charge in [-0.05, 0) is 24.4 Å². The van der Waals surface area contributed by atoms with Crippen LogP contribution in [0.3, 0.4) is 0 Å². The molecule has 0 bridgehead atoms. The summed E-state index contributed by atoms with van der Waals surface area (Å²) < 4.78 is 4.05. The molecule has 0 spiro atoms. The minimum absolute atomic E-state index is 0.230. The van der Waals surface area contributed by atoms with Gasteiger partial charge in [0.25, 0.3) is 0 Å². The summed E-state index contributed by atoms with van der Waals surface area (Å²) in [6, 6.07) is 0.230. The van der Waals surface area contributed by atoms with Gasteiger partial charge in [-0.1, -0.05) is 50.4 Å². The van der Waals surface area contributed by atoms with E-state index in [0.29, 0.717) is 0 Å². The Kier molecular flexibility index (Phi) is 7.32. The largest absolute Gasteiger partial charge is 0.271 e. The Morgan fingerprint density at radius 2 is 2.06 bits per heavy atom. The maximum absolute atomic E-state index is 5.64. The Morgan fingerprint density at radius 1 is 1.24 bits per heavy atom. The van der Waals surface area contributed by atoms with Crippen molar-refractivity contribution in [3.8, 4) is 0 Å². The van der Waals surface area contributed by atoms with Gasteiger partial charge in [0, 0.05) is 0 Å². The second kappa shape index (κ2) is 8.55. The first-order valence-corrected chi connectivity index (χ1v) is 7.38. The Hall–Kier alpha value is -0.520. The molecule has 17 heavy (non-hydrogen) atoms. The highest BCUT2D eigenvalue weighted by atomic mass is 32.1. The summed E-state index contributed by atoms with van der Waals surface area (Å²) in [5, 5.41) is 4.19. The fourth-order valence-corrected chi connectivity index (χ4v) is 2.74. The molecule has 1 unspecified atom stereocenters. The van der Waals surface area contributed by atoms with Crippen LogP contribution in [0.1, 0.15) is 69.0 Å². The maximum Gasteiger partial charge on any atom is 0.0804 e. The first-order chi connectivity index (χ1) is 8.33. The lowest BCUT2D eigenvalue weighted by molar-refractivity contribution is 0.484. The Bertz CT molecular complexity index is 300. The van der Waals surface area contributed by atoms with Crippen LogP contribution in [0.25, 0.3) is 0 Å². The molecule has 4 nitrogen and oxygen atoms in total. The third-order valence-corrected chi connectivity index (χ3v) is 3.82. The highest BCUT2D eigenvalue weighted by Gasteiger charge is 2.17. The van der Waals surface area contributed by atoms with Crippen LogP contribution >= 0.6 is 11.5 Å². The summed E-state index contributed by atoms with van der Waals surface area (Å²) in [6.07, 6.45) is 8.25. The van der Waals surface area contributed by atoms with Crippen LogP contribution in [-0.4, -0.2) is 9.59 Å². The van der Waals surface area contributed by atoms with Crippen LogP contribution in [0, 0.1) is 0 Å². The van der Waals surface area contributed by atoms with E-state index in [0.717, 1.165) is 25.0 Å². The quantitative estimate of drug-likeness (QED) is 0.405. The molecule has 0 aromatic carbocycles.